The second-order valence-electron chi connectivity index (χ2n) is 5.22. The second-order valence-corrected chi connectivity index (χ2v) is 6.36. The molecule has 112 valence electrons. The standard InChI is InChI=1S/C13H24N6S/c1-5-14-11-16-12(18-13(17-11)19(2)3)15-9-6-7-10(8-9)20-4/h9-10H,5-8H2,1-4H3,(H2,14,15,16,17,18). The summed E-state index contributed by atoms with van der Waals surface area (Å²) in [5.74, 6) is 1.98. The molecule has 0 spiro atoms. The van der Waals surface area contributed by atoms with Crippen molar-refractivity contribution in [2.24, 2.45) is 0 Å². The highest BCUT2D eigenvalue weighted by Gasteiger charge is 2.24. The van der Waals surface area contributed by atoms with E-state index in [1.807, 2.05) is 37.7 Å². The van der Waals surface area contributed by atoms with Gasteiger partial charge in [0, 0.05) is 31.9 Å². The summed E-state index contributed by atoms with van der Waals surface area (Å²) in [6.07, 6.45) is 5.82. The Bertz CT molecular complexity index is 439. The average Bonchev–Trinajstić information content (AvgIpc) is 2.86. The first kappa shape index (κ1) is 15.2. The summed E-state index contributed by atoms with van der Waals surface area (Å²) < 4.78 is 0. The molecule has 1 fully saturated rings. The minimum atomic E-state index is 0.472. The van der Waals surface area contributed by atoms with Crippen molar-refractivity contribution in [2.75, 3.05) is 42.4 Å². The normalized spacial score (nSPS) is 21.8. The zero-order chi connectivity index (χ0) is 14.5. The molecular formula is C13H24N6S. The largest absolute Gasteiger partial charge is 0.354 e. The Labute approximate surface area is 125 Å². The van der Waals surface area contributed by atoms with Crippen LogP contribution in [0, 0.1) is 0 Å². The third-order valence-electron chi connectivity index (χ3n) is 3.41. The summed E-state index contributed by atoms with van der Waals surface area (Å²) in [7, 11) is 3.88. The fraction of sp³-hybridized carbons (Fsp3) is 0.769. The Hall–Kier alpha value is -1.24. The quantitative estimate of drug-likeness (QED) is 0.833. The van der Waals surface area contributed by atoms with Crippen LogP contribution in [0.3, 0.4) is 0 Å². The van der Waals surface area contributed by atoms with Gasteiger partial charge in [0.15, 0.2) is 0 Å². The summed E-state index contributed by atoms with van der Waals surface area (Å²) >= 11 is 1.95. The summed E-state index contributed by atoms with van der Waals surface area (Å²) in [5, 5.41) is 7.37. The van der Waals surface area contributed by atoms with Crippen molar-refractivity contribution < 1.29 is 0 Å². The second kappa shape index (κ2) is 6.97. The van der Waals surface area contributed by atoms with Crippen molar-refractivity contribution >= 4 is 29.6 Å². The number of hydrogen-bond donors (Lipinski definition) is 2. The maximum Gasteiger partial charge on any atom is 0.231 e. The molecule has 0 bridgehead atoms. The zero-order valence-electron chi connectivity index (χ0n) is 12.7. The number of rotatable bonds is 6. The Morgan fingerprint density at radius 1 is 1.20 bits per heavy atom. The van der Waals surface area contributed by atoms with E-state index in [4.69, 9.17) is 0 Å². The van der Waals surface area contributed by atoms with E-state index in [1.165, 1.54) is 19.3 Å². The number of thioether (sulfide) groups is 1. The molecule has 1 saturated carbocycles. The summed E-state index contributed by atoms with van der Waals surface area (Å²) in [4.78, 5) is 15.2. The van der Waals surface area contributed by atoms with Crippen LogP contribution in [0.2, 0.25) is 0 Å². The molecule has 0 aromatic carbocycles. The fourth-order valence-corrected chi connectivity index (χ4v) is 3.13. The molecule has 0 amide bonds. The predicted octanol–water partition coefficient (Wildman–Crippen LogP) is 2.07. The lowest BCUT2D eigenvalue weighted by Gasteiger charge is -2.16. The van der Waals surface area contributed by atoms with Gasteiger partial charge in [0.1, 0.15) is 0 Å². The first-order chi connectivity index (χ1) is 9.62. The van der Waals surface area contributed by atoms with Crippen molar-refractivity contribution in [3.63, 3.8) is 0 Å². The molecule has 1 aromatic rings. The van der Waals surface area contributed by atoms with Crippen molar-refractivity contribution in [1.29, 1.82) is 0 Å². The van der Waals surface area contributed by atoms with E-state index in [-0.39, 0.29) is 0 Å². The number of nitrogens with one attached hydrogen (secondary N) is 2. The molecule has 2 N–H and O–H groups in total. The summed E-state index contributed by atoms with van der Waals surface area (Å²) in [5.41, 5.74) is 0. The Kier molecular flexibility index (Phi) is 5.28. The van der Waals surface area contributed by atoms with Crippen molar-refractivity contribution in [3.05, 3.63) is 0 Å². The summed E-state index contributed by atoms with van der Waals surface area (Å²) in [6.45, 7) is 2.83. The monoisotopic (exact) mass is 296 g/mol. The van der Waals surface area contributed by atoms with Crippen LogP contribution in [-0.2, 0) is 0 Å². The average molecular weight is 296 g/mol. The van der Waals surface area contributed by atoms with E-state index < -0.39 is 0 Å². The molecule has 1 aliphatic rings. The molecule has 2 rings (SSSR count). The van der Waals surface area contributed by atoms with Crippen LogP contribution in [0.1, 0.15) is 26.2 Å². The molecular weight excluding hydrogens is 272 g/mol. The molecule has 1 aromatic heterocycles. The molecule has 1 heterocycles. The Morgan fingerprint density at radius 3 is 2.55 bits per heavy atom. The first-order valence-corrected chi connectivity index (χ1v) is 8.37. The third-order valence-corrected chi connectivity index (χ3v) is 4.50. The zero-order valence-corrected chi connectivity index (χ0v) is 13.5. The maximum atomic E-state index is 4.48. The smallest absolute Gasteiger partial charge is 0.231 e. The van der Waals surface area contributed by atoms with Gasteiger partial charge in [-0.1, -0.05) is 0 Å². The molecule has 6 nitrogen and oxygen atoms in total. The highest BCUT2D eigenvalue weighted by molar-refractivity contribution is 7.99. The summed E-state index contributed by atoms with van der Waals surface area (Å²) in [6, 6.07) is 0.472. The topological polar surface area (TPSA) is 66.0 Å². The van der Waals surface area contributed by atoms with Gasteiger partial charge in [-0.05, 0) is 32.4 Å². The van der Waals surface area contributed by atoms with Crippen molar-refractivity contribution in [3.8, 4) is 0 Å². The highest BCUT2D eigenvalue weighted by atomic mass is 32.2. The van der Waals surface area contributed by atoms with Gasteiger partial charge in [0.25, 0.3) is 0 Å². The maximum absolute atomic E-state index is 4.48. The van der Waals surface area contributed by atoms with Crippen molar-refractivity contribution in [2.45, 2.75) is 37.5 Å². The van der Waals surface area contributed by atoms with Crippen LogP contribution in [0.25, 0.3) is 0 Å². The Morgan fingerprint density at radius 2 is 1.95 bits per heavy atom. The molecule has 20 heavy (non-hydrogen) atoms. The van der Waals surface area contributed by atoms with Crippen LogP contribution in [0.4, 0.5) is 17.8 Å². The molecule has 1 aliphatic carbocycles. The number of anilines is 3. The lowest BCUT2D eigenvalue weighted by molar-refractivity contribution is 0.743. The van der Waals surface area contributed by atoms with Gasteiger partial charge in [0.2, 0.25) is 17.8 Å². The number of nitrogens with zero attached hydrogens (tertiary/aromatic N) is 4. The van der Waals surface area contributed by atoms with E-state index in [0.717, 1.165) is 11.8 Å². The molecule has 2 atom stereocenters. The van der Waals surface area contributed by atoms with E-state index in [0.29, 0.717) is 23.9 Å². The van der Waals surface area contributed by atoms with Gasteiger partial charge in [0.05, 0.1) is 0 Å². The van der Waals surface area contributed by atoms with Crippen LogP contribution < -0.4 is 15.5 Å². The minimum absolute atomic E-state index is 0.472. The molecule has 7 heteroatoms. The van der Waals surface area contributed by atoms with Gasteiger partial charge >= 0.3 is 0 Å². The van der Waals surface area contributed by atoms with Gasteiger partial charge < -0.3 is 15.5 Å². The predicted molar refractivity (Wildman–Crippen MR) is 86.9 cm³/mol. The molecule has 0 aliphatic heterocycles. The van der Waals surface area contributed by atoms with Gasteiger partial charge in [-0.2, -0.15) is 26.7 Å². The van der Waals surface area contributed by atoms with Gasteiger partial charge in [-0.15, -0.1) is 0 Å². The lowest BCUT2D eigenvalue weighted by Crippen LogP contribution is -2.21. The highest BCUT2D eigenvalue weighted by Crippen LogP contribution is 2.29. The van der Waals surface area contributed by atoms with E-state index >= 15 is 0 Å². The first-order valence-electron chi connectivity index (χ1n) is 7.09. The SMILES string of the molecule is CCNc1nc(NC2CCC(SC)C2)nc(N(C)C)n1. The minimum Gasteiger partial charge on any atom is -0.354 e. The van der Waals surface area contributed by atoms with Crippen LogP contribution in [0.15, 0.2) is 0 Å². The molecule has 0 saturated heterocycles. The number of aromatic nitrogens is 3. The Balaban J connectivity index is 2.10. The third kappa shape index (κ3) is 3.88. The van der Waals surface area contributed by atoms with Crippen LogP contribution >= 0.6 is 11.8 Å². The van der Waals surface area contributed by atoms with Gasteiger partial charge in [-0.3, -0.25) is 0 Å². The van der Waals surface area contributed by atoms with E-state index in [9.17, 15) is 0 Å². The fourth-order valence-electron chi connectivity index (χ4n) is 2.33. The number of hydrogen-bond acceptors (Lipinski definition) is 7. The van der Waals surface area contributed by atoms with Crippen LogP contribution in [-0.4, -0.2) is 53.1 Å². The van der Waals surface area contributed by atoms with Gasteiger partial charge in [-0.25, -0.2) is 0 Å². The van der Waals surface area contributed by atoms with Crippen LogP contribution in [0.5, 0.6) is 0 Å². The van der Waals surface area contributed by atoms with E-state index in [1.54, 1.807) is 0 Å². The van der Waals surface area contributed by atoms with E-state index in [2.05, 4.69) is 31.8 Å². The lowest BCUT2D eigenvalue weighted by atomic mass is 10.2. The molecule has 0 radical (unpaired) electrons. The van der Waals surface area contributed by atoms with Crippen molar-refractivity contribution in [1.82, 2.24) is 15.0 Å². The molecule has 2 unspecified atom stereocenters.